The highest BCUT2D eigenvalue weighted by atomic mass is 79.9. The average molecular weight is 351 g/mol. The number of benzene rings is 2. The fourth-order valence-electron chi connectivity index (χ4n) is 2.21. The second kappa shape index (κ2) is 6.05. The first-order chi connectivity index (χ1) is 10.1. The summed E-state index contributed by atoms with van der Waals surface area (Å²) in [6.07, 6.45) is -0.451. The molecule has 3 rings (SSSR count). The van der Waals surface area contributed by atoms with Gasteiger partial charge in [-0.1, -0.05) is 34.1 Å². The number of hydrogen-bond donors (Lipinski definition) is 0. The van der Waals surface area contributed by atoms with Gasteiger partial charge in [0.25, 0.3) is 0 Å². The molecule has 0 bridgehead atoms. The molecule has 2 aromatic rings. The lowest BCUT2D eigenvalue weighted by molar-refractivity contribution is -0.0441. The van der Waals surface area contributed by atoms with Gasteiger partial charge in [0.05, 0.1) is 18.8 Å². The fourth-order valence-corrected chi connectivity index (χ4v) is 2.54. The van der Waals surface area contributed by atoms with Gasteiger partial charge >= 0.3 is 0 Å². The lowest BCUT2D eigenvalue weighted by Crippen LogP contribution is -2.06. The highest BCUT2D eigenvalue weighted by Crippen LogP contribution is 2.25. The predicted octanol–water partition coefficient (Wildman–Crippen LogP) is 3.86. The number of halogens is 2. The fraction of sp³-hybridized carbons (Fsp3) is 0.188. The average Bonchev–Trinajstić information content (AvgIpc) is 3.01. The Morgan fingerprint density at radius 2 is 1.90 bits per heavy atom. The van der Waals surface area contributed by atoms with Gasteiger partial charge in [-0.15, -0.1) is 0 Å². The minimum absolute atomic E-state index is 0.0450. The Kier molecular flexibility index (Phi) is 4.14. The molecule has 0 aromatic heterocycles. The standard InChI is InChI=1S/C16H12BrFO3/c17-12-4-5-13(14(18)9-12)15(19)10-2-1-3-11(8-10)16-20-6-7-21-16/h1-5,8-9,16H,6-7H2. The van der Waals surface area contributed by atoms with Crippen LogP contribution < -0.4 is 0 Å². The zero-order valence-electron chi connectivity index (χ0n) is 11.0. The summed E-state index contributed by atoms with van der Waals surface area (Å²) in [4.78, 5) is 12.4. The van der Waals surface area contributed by atoms with E-state index in [1.807, 2.05) is 6.07 Å². The van der Waals surface area contributed by atoms with E-state index in [9.17, 15) is 9.18 Å². The van der Waals surface area contributed by atoms with Crippen molar-refractivity contribution in [2.24, 2.45) is 0 Å². The molecule has 2 aromatic carbocycles. The maximum atomic E-state index is 13.9. The van der Waals surface area contributed by atoms with Crippen molar-refractivity contribution in [3.8, 4) is 0 Å². The van der Waals surface area contributed by atoms with Gasteiger partial charge in [0.15, 0.2) is 12.1 Å². The normalized spacial score (nSPS) is 15.3. The highest BCUT2D eigenvalue weighted by Gasteiger charge is 2.20. The van der Waals surface area contributed by atoms with Gasteiger partial charge in [0.1, 0.15) is 5.82 Å². The largest absolute Gasteiger partial charge is 0.346 e. The summed E-state index contributed by atoms with van der Waals surface area (Å²) in [6, 6.07) is 11.3. The second-order valence-electron chi connectivity index (χ2n) is 4.65. The van der Waals surface area contributed by atoms with Crippen molar-refractivity contribution in [3.05, 3.63) is 69.4 Å². The number of ether oxygens (including phenoxy) is 2. The topological polar surface area (TPSA) is 35.5 Å². The van der Waals surface area contributed by atoms with Crippen LogP contribution in [0, 0.1) is 5.82 Å². The minimum atomic E-state index is -0.548. The van der Waals surface area contributed by atoms with Crippen molar-refractivity contribution in [2.45, 2.75) is 6.29 Å². The molecule has 21 heavy (non-hydrogen) atoms. The van der Waals surface area contributed by atoms with E-state index in [0.29, 0.717) is 23.2 Å². The molecule has 5 heteroatoms. The first-order valence-corrected chi connectivity index (χ1v) is 7.27. The molecule has 1 saturated heterocycles. The van der Waals surface area contributed by atoms with Crippen molar-refractivity contribution < 1.29 is 18.7 Å². The van der Waals surface area contributed by atoms with E-state index in [1.165, 1.54) is 12.1 Å². The first-order valence-electron chi connectivity index (χ1n) is 6.48. The smallest absolute Gasteiger partial charge is 0.195 e. The van der Waals surface area contributed by atoms with Crippen LogP contribution in [0.15, 0.2) is 46.9 Å². The van der Waals surface area contributed by atoms with Crippen molar-refractivity contribution in [1.29, 1.82) is 0 Å². The number of hydrogen-bond acceptors (Lipinski definition) is 3. The SMILES string of the molecule is O=C(c1cccc(C2OCCO2)c1)c1ccc(Br)cc1F. The quantitative estimate of drug-likeness (QED) is 0.788. The molecule has 1 heterocycles. The first kappa shape index (κ1) is 14.4. The zero-order chi connectivity index (χ0) is 14.8. The van der Waals surface area contributed by atoms with E-state index in [0.717, 1.165) is 5.56 Å². The predicted molar refractivity (Wildman–Crippen MR) is 78.6 cm³/mol. The molecule has 1 fully saturated rings. The van der Waals surface area contributed by atoms with Gasteiger partial charge in [-0.2, -0.15) is 0 Å². The number of rotatable bonds is 3. The highest BCUT2D eigenvalue weighted by molar-refractivity contribution is 9.10. The second-order valence-corrected chi connectivity index (χ2v) is 5.57. The molecule has 1 aliphatic rings. The van der Waals surface area contributed by atoms with Crippen molar-refractivity contribution in [1.82, 2.24) is 0 Å². The van der Waals surface area contributed by atoms with Crippen LogP contribution in [0.1, 0.15) is 27.8 Å². The van der Waals surface area contributed by atoms with E-state index < -0.39 is 12.1 Å². The zero-order valence-corrected chi connectivity index (χ0v) is 12.6. The molecule has 0 amide bonds. The van der Waals surface area contributed by atoms with Crippen LogP contribution in [0.4, 0.5) is 4.39 Å². The van der Waals surface area contributed by atoms with Crippen LogP contribution in [0.3, 0.4) is 0 Å². The Morgan fingerprint density at radius 1 is 1.14 bits per heavy atom. The van der Waals surface area contributed by atoms with Crippen molar-refractivity contribution in [2.75, 3.05) is 13.2 Å². The summed E-state index contributed by atoms with van der Waals surface area (Å²) in [5, 5.41) is 0. The maximum Gasteiger partial charge on any atom is 0.195 e. The van der Waals surface area contributed by atoms with Crippen LogP contribution in [0.25, 0.3) is 0 Å². The molecule has 108 valence electrons. The molecule has 0 spiro atoms. The third kappa shape index (κ3) is 3.05. The Bertz CT molecular complexity index is 681. The molecular weight excluding hydrogens is 339 g/mol. The Morgan fingerprint density at radius 3 is 2.62 bits per heavy atom. The van der Waals surface area contributed by atoms with Crippen molar-refractivity contribution in [3.63, 3.8) is 0 Å². The van der Waals surface area contributed by atoms with Crippen LogP contribution in [0.2, 0.25) is 0 Å². The van der Waals surface area contributed by atoms with E-state index in [1.54, 1.807) is 24.3 Å². The molecule has 0 saturated carbocycles. The third-order valence-electron chi connectivity index (χ3n) is 3.22. The molecule has 0 unspecified atom stereocenters. The molecule has 0 N–H and O–H groups in total. The van der Waals surface area contributed by atoms with E-state index in [-0.39, 0.29) is 11.3 Å². The van der Waals surface area contributed by atoms with Gasteiger partial charge in [0.2, 0.25) is 0 Å². The molecular formula is C16H12BrFO3. The molecule has 0 atom stereocenters. The maximum absolute atomic E-state index is 13.9. The van der Waals surface area contributed by atoms with Gasteiger partial charge in [-0.05, 0) is 24.3 Å². The lowest BCUT2D eigenvalue weighted by atomic mass is 10.0. The Balaban J connectivity index is 1.92. The van der Waals surface area contributed by atoms with E-state index >= 15 is 0 Å². The number of carbonyl (C=O) groups is 1. The van der Waals surface area contributed by atoms with E-state index in [4.69, 9.17) is 9.47 Å². The summed E-state index contributed by atoms with van der Waals surface area (Å²) in [5.41, 5.74) is 1.22. The van der Waals surface area contributed by atoms with E-state index in [2.05, 4.69) is 15.9 Å². The molecule has 0 radical (unpaired) electrons. The summed E-state index contributed by atoms with van der Waals surface area (Å²) in [6.45, 7) is 1.06. The van der Waals surface area contributed by atoms with Crippen LogP contribution in [0.5, 0.6) is 0 Å². The molecule has 1 aliphatic heterocycles. The van der Waals surface area contributed by atoms with Gasteiger partial charge in [-0.3, -0.25) is 4.79 Å². The summed E-state index contributed by atoms with van der Waals surface area (Å²) >= 11 is 3.17. The summed E-state index contributed by atoms with van der Waals surface area (Å²) < 4.78 is 25.3. The number of carbonyl (C=O) groups excluding carboxylic acids is 1. The van der Waals surface area contributed by atoms with Crippen LogP contribution in [-0.2, 0) is 9.47 Å². The summed E-state index contributed by atoms with van der Waals surface area (Å²) in [5.74, 6) is -0.909. The van der Waals surface area contributed by atoms with Gasteiger partial charge in [0, 0.05) is 15.6 Å². The van der Waals surface area contributed by atoms with Crippen LogP contribution >= 0.6 is 15.9 Å². The number of ketones is 1. The van der Waals surface area contributed by atoms with Crippen LogP contribution in [-0.4, -0.2) is 19.0 Å². The monoisotopic (exact) mass is 350 g/mol. The van der Waals surface area contributed by atoms with Crippen molar-refractivity contribution >= 4 is 21.7 Å². The van der Waals surface area contributed by atoms with Gasteiger partial charge < -0.3 is 9.47 Å². The summed E-state index contributed by atoms with van der Waals surface area (Å²) in [7, 11) is 0. The van der Waals surface area contributed by atoms with Gasteiger partial charge in [-0.25, -0.2) is 4.39 Å². The molecule has 3 nitrogen and oxygen atoms in total. The minimum Gasteiger partial charge on any atom is -0.346 e. The Hall–Kier alpha value is -1.56. The Labute approximate surface area is 129 Å². The lowest BCUT2D eigenvalue weighted by Gasteiger charge is -2.10. The third-order valence-corrected chi connectivity index (χ3v) is 3.71. The molecule has 0 aliphatic carbocycles.